The molecule has 176 valence electrons. The Hall–Kier alpha value is -2.19. The number of carbonyl (C=O) groups excluding carboxylic acids is 1. The Morgan fingerprint density at radius 2 is 1.94 bits per heavy atom. The van der Waals surface area contributed by atoms with E-state index in [0.717, 1.165) is 49.5 Å². The molecule has 1 amide bonds. The van der Waals surface area contributed by atoms with E-state index in [1.165, 1.54) is 5.56 Å². The van der Waals surface area contributed by atoms with E-state index < -0.39 is 5.60 Å². The van der Waals surface area contributed by atoms with Crippen LogP contribution in [0.5, 0.6) is 5.75 Å². The molecule has 0 bridgehead atoms. The van der Waals surface area contributed by atoms with Crippen LogP contribution in [0.4, 0.5) is 5.13 Å². The lowest BCUT2D eigenvalue weighted by molar-refractivity contribution is -0.131. The zero-order valence-electron chi connectivity index (χ0n) is 19.3. The molecule has 33 heavy (non-hydrogen) atoms. The SMILES string of the molecule is Cc1ccc2nc(N(CCCN3CCOCC3)C(=O)C(C)(C)Oc3ccc(Cl)cc3)sc2c1. The number of ether oxygens (including phenoxy) is 2. The number of hydrogen-bond acceptors (Lipinski definition) is 6. The number of morpholine rings is 1. The van der Waals surface area contributed by atoms with Crippen LogP contribution in [0, 0.1) is 6.92 Å². The Bertz CT molecular complexity index is 1090. The monoisotopic (exact) mass is 487 g/mol. The molecule has 0 spiro atoms. The van der Waals surface area contributed by atoms with E-state index in [2.05, 4.69) is 17.9 Å². The fourth-order valence-corrected chi connectivity index (χ4v) is 5.08. The number of fused-ring (bicyclic) bond motifs is 1. The average Bonchev–Trinajstić information content (AvgIpc) is 3.21. The van der Waals surface area contributed by atoms with Crippen LogP contribution in [0.1, 0.15) is 25.8 Å². The van der Waals surface area contributed by atoms with Crippen molar-refractivity contribution in [2.45, 2.75) is 32.8 Å². The highest BCUT2D eigenvalue weighted by Crippen LogP contribution is 2.32. The number of halogens is 1. The van der Waals surface area contributed by atoms with Crippen molar-refractivity contribution in [3.05, 3.63) is 53.1 Å². The number of hydrogen-bond donors (Lipinski definition) is 0. The van der Waals surface area contributed by atoms with Gasteiger partial charge in [0.1, 0.15) is 5.75 Å². The largest absolute Gasteiger partial charge is 0.478 e. The number of benzene rings is 2. The highest BCUT2D eigenvalue weighted by Gasteiger charge is 2.36. The Kier molecular flexibility index (Phi) is 7.54. The van der Waals surface area contributed by atoms with E-state index in [1.807, 2.05) is 12.1 Å². The van der Waals surface area contributed by atoms with Gasteiger partial charge in [-0.1, -0.05) is 29.0 Å². The molecule has 4 rings (SSSR count). The van der Waals surface area contributed by atoms with Crippen molar-refractivity contribution in [1.29, 1.82) is 0 Å². The number of aryl methyl sites for hydroxylation is 1. The number of nitrogens with zero attached hydrogens (tertiary/aromatic N) is 3. The molecule has 6 nitrogen and oxygen atoms in total. The van der Waals surface area contributed by atoms with Crippen LogP contribution in [-0.4, -0.2) is 60.8 Å². The first-order chi connectivity index (χ1) is 15.8. The summed E-state index contributed by atoms with van der Waals surface area (Å²) in [7, 11) is 0. The Morgan fingerprint density at radius 1 is 1.21 bits per heavy atom. The van der Waals surface area contributed by atoms with Gasteiger partial charge in [-0.2, -0.15) is 0 Å². The summed E-state index contributed by atoms with van der Waals surface area (Å²) in [5, 5.41) is 1.33. The van der Waals surface area contributed by atoms with Crippen LogP contribution in [0.3, 0.4) is 0 Å². The number of rotatable bonds is 8. The van der Waals surface area contributed by atoms with Gasteiger partial charge in [0.25, 0.3) is 5.91 Å². The van der Waals surface area contributed by atoms with Gasteiger partial charge >= 0.3 is 0 Å². The lowest BCUT2D eigenvalue weighted by Crippen LogP contribution is -2.50. The fraction of sp³-hybridized carbons (Fsp3) is 0.440. The highest BCUT2D eigenvalue weighted by molar-refractivity contribution is 7.22. The summed E-state index contributed by atoms with van der Waals surface area (Å²) in [4.78, 5) is 22.7. The topological polar surface area (TPSA) is 54.9 Å². The number of aromatic nitrogens is 1. The van der Waals surface area contributed by atoms with E-state index in [-0.39, 0.29) is 5.91 Å². The van der Waals surface area contributed by atoms with Gasteiger partial charge in [-0.05, 0) is 69.2 Å². The predicted octanol–water partition coefficient (Wildman–Crippen LogP) is 5.17. The van der Waals surface area contributed by atoms with Crippen molar-refractivity contribution in [3.63, 3.8) is 0 Å². The summed E-state index contributed by atoms with van der Waals surface area (Å²) in [6.07, 6.45) is 0.845. The van der Waals surface area contributed by atoms with Crippen LogP contribution in [-0.2, 0) is 9.53 Å². The van der Waals surface area contributed by atoms with E-state index in [4.69, 9.17) is 26.1 Å². The van der Waals surface area contributed by atoms with Gasteiger partial charge in [-0.25, -0.2) is 4.98 Å². The first-order valence-electron chi connectivity index (χ1n) is 11.3. The maximum atomic E-state index is 13.8. The van der Waals surface area contributed by atoms with Gasteiger partial charge in [0.05, 0.1) is 23.4 Å². The molecule has 2 aromatic carbocycles. The van der Waals surface area contributed by atoms with Crippen LogP contribution < -0.4 is 9.64 Å². The van der Waals surface area contributed by atoms with Crippen molar-refractivity contribution in [3.8, 4) is 5.75 Å². The molecule has 0 saturated carbocycles. The summed E-state index contributed by atoms with van der Waals surface area (Å²) >= 11 is 7.54. The van der Waals surface area contributed by atoms with Gasteiger partial charge in [-0.15, -0.1) is 0 Å². The molecular weight excluding hydrogens is 458 g/mol. The van der Waals surface area contributed by atoms with E-state index in [0.29, 0.717) is 22.4 Å². The minimum Gasteiger partial charge on any atom is -0.478 e. The molecule has 8 heteroatoms. The van der Waals surface area contributed by atoms with Crippen molar-refractivity contribution in [2.24, 2.45) is 0 Å². The zero-order chi connectivity index (χ0) is 23.4. The molecule has 1 aromatic heterocycles. The average molecular weight is 488 g/mol. The third-order valence-electron chi connectivity index (χ3n) is 5.67. The second-order valence-corrected chi connectivity index (χ2v) is 10.2. The minimum atomic E-state index is -1.07. The van der Waals surface area contributed by atoms with Gasteiger partial charge in [0.15, 0.2) is 10.7 Å². The zero-order valence-corrected chi connectivity index (χ0v) is 20.9. The first kappa shape index (κ1) is 24.0. The summed E-state index contributed by atoms with van der Waals surface area (Å²) in [6.45, 7) is 10.5. The molecule has 3 aromatic rings. The second kappa shape index (κ2) is 10.4. The Labute approximate surface area is 204 Å². The third-order valence-corrected chi connectivity index (χ3v) is 6.96. The molecule has 1 saturated heterocycles. The van der Waals surface area contributed by atoms with Crippen LogP contribution >= 0.6 is 22.9 Å². The predicted molar refractivity (Wildman–Crippen MR) is 135 cm³/mol. The molecule has 2 heterocycles. The van der Waals surface area contributed by atoms with Crippen molar-refractivity contribution in [1.82, 2.24) is 9.88 Å². The van der Waals surface area contributed by atoms with Gasteiger partial charge in [-0.3, -0.25) is 14.6 Å². The third kappa shape index (κ3) is 6.03. The quantitative estimate of drug-likeness (QED) is 0.438. The van der Waals surface area contributed by atoms with Crippen molar-refractivity contribution in [2.75, 3.05) is 44.3 Å². The van der Waals surface area contributed by atoms with Crippen LogP contribution in [0.25, 0.3) is 10.2 Å². The summed E-state index contributed by atoms with van der Waals surface area (Å²) in [5.74, 6) is 0.487. The molecule has 0 atom stereocenters. The summed E-state index contributed by atoms with van der Waals surface area (Å²) < 4.78 is 12.6. The Morgan fingerprint density at radius 3 is 2.67 bits per heavy atom. The van der Waals surface area contributed by atoms with E-state index >= 15 is 0 Å². The molecule has 1 aliphatic heterocycles. The molecule has 1 fully saturated rings. The summed E-state index contributed by atoms with van der Waals surface area (Å²) in [5.41, 5.74) is 1.01. The number of anilines is 1. The highest BCUT2D eigenvalue weighted by atomic mass is 35.5. The molecule has 0 aliphatic carbocycles. The van der Waals surface area contributed by atoms with Gasteiger partial charge in [0, 0.05) is 31.2 Å². The molecule has 0 unspecified atom stereocenters. The van der Waals surface area contributed by atoms with Crippen LogP contribution in [0.15, 0.2) is 42.5 Å². The molecule has 1 aliphatic rings. The minimum absolute atomic E-state index is 0.116. The van der Waals surface area contributed by atoms with Gasteiger partial charge < -0.3 is 9.47 Å². The van der Waals surface area contributed by atoms with Crippen molar-refractivity contribution >= 4 is 44.2 Å². The van der Waals surface area contributed by atoms with Gasteiger partial charge in [0.2, 0.25) is 0 Å². The number of amides is 1. The normalized spacial score (nSPS) is 15.0. The maximum Gasteiger partial charge on any atom is 0.272 e. The molecular formula is C25H30ClN3O3S. The Balaban J connectivity index is 1.55. The second-order valence-electron chi connectivity index (χ2n) is 8.80. The van der Waals surface area contributed by atoms with E-state index in [1.54, 1.807) is 54.3 Å². The first-order valence-corrected chi connectivity index (χ1v) is 12.5. The molecule has 0 radical (unpaired) electrons. The smallest absolute Gasteiger partial charge is 0.272 e. The van der Waals surface area contributed by atoms with E-state index in [9.17, 15) is 4.79 Å². The van der Waals surface area contributed by atoms with Crippen LogP contribution in [0.2, 0.25) is 5.02 Å². The lowest BCUT2D eigenvalue weighted by atomic mass is 10.1. The maximum absolute atomic E-state index is 13.8. The lowest BCUT2D eigenvalue weighted by Gasteiger charge is -2.32. The number of thiazole rings is 1. The molecule has 0 N–H and O–H groups in total. The van der Waals surface area contributed by atoms with Crippen molar-refractivity contribution < 1.29 is 14.3 Å². The standard InChI is InChI=1S/C25H30ClN3O3S/c1-18-5-10-21-22(17-18)33-24(27-21)29(12-4-11-28-13-15-31-16-14-28)23(30)25(2,3)32-20-8-6-19(26)7-9-20/h5-10,17H,4,11-16H2,1-3H3. The summed E-state index contributed by atoms with van der Waals surface area (Å²) in [6, 6.07) is 13.2. The number of carbonyl (C=O) groups is 1. The fourth-order valence-electron chi connectivity index (χ4n) is 3.86.